The Hall–Kier alpha value is -0.0800. The van der Waals surface area contributed by atoms with Crippen LogP contribution < -0.4 is 0 Å². The lowest BCUT2D eigenvalue weighted by atomic mass is 9.82. The second-order valence-corrected chi connectivity index (χ2v) is 3.96. The van der Waals surface area contributed by atoms with Gasteiger partial charge in [-0.05, 0) is 31.6 Å². The standard InChI is InChI=1S/C10H18O2/c1-11-10-7-6-8-4-2-3-5-9(8)12-10/h8-10H,2-7H2,1H3/t8-,9+,10?/m0/s1. The molecule has 1 aliphatic carbocycles. The summed E-state index contributed by atoms with van der Waals surface area (Å²) in [6.07, 6.45) is 8.38. The summed E-state index contributed by atoms with van der Waals surface area (Å²) >= 11 is 0. The quantitative estimate of drug-likeness (QED) is 0.601. The molecule has 1 saturated carbocycles. The highest BCUT2D eigenvalue weighted by Crippen LogP contribution is 2.35. The van der Waals surface area contributed by atoms with Crippen molar-refractivity contribution in [2.24, 2.45) is 5.92 Å². The van der Waals surface area contributed by atoms with E-state index in [1.165, 1.54) is 32.1 Å². The lowest BCUT2D eigenvalue weighted by Crippen LogP contribution is -2.37. The molecule has 0 aromatic rings. The fraction of sp³-hybridized carbons (Fsp3) is 1.00. The number of hydrogen-bond donors (Lipinski definition) is 0. The second-order valence-electron chi connectivity index (χ2n) is 3.96. The molecule has 0 amide bonds. The largest absolute Gasteiger partial charge is 0.356 e. The zero-order chi connectivity index (χ0) is 8.39. The second kappa shape index (κ2) is 3.75. The molecule has 70 valence electrons. The smallest absolute Gasteiger partial charge is 0.157 e. The van der Waals surface area contributed by atoms with E-state index in [0.29, 0.717) is 6.10 Å². The first-order chi connectivity index (χ1) is 5.90. The zero-order valence-electron chi connectivity index (χ0n) is 7.79. The van der Waals surface area contributed by atoms with Crippen molar-refractivity contribution in [1.29, 1.82) is 0 Å². The Labute approximate surface area is 74.2 Å². The number of hydrogen-bond acceptors (Lipinski definition) is 2. The molecule has 0 spiro atoms. The third-order valence-corrected chi connectivity index (χ3v) is 3.20. The minimum absolute atomic E-state index is 0.0874. The Morgan fingerprint density at radius 3 is 2.75 bits per heavy atom. The average Bonchev–Trinajstić information content (AvgIpc) is 2.17. The van der Waals surface area contributed by atoms with Gasteiger partial charge in [0.05, 0.1) is 6.10 Å². The molecular weight excluding hydrogens is 152 g/mol. The van der Waals surface area contributed by atoms with E-state index in [2.05, 4.69) is 0 Å². The summed E-state index contributed by atoms with van der Waals surface area (Å²) in [5.74, 6) is 0.838. The van der Waals surface area contributed by atoms with E-state index in [-0.39, 0.29) is 6.29 Å². The Bertz CT molecular complexity index is 147. The summed E-state index contributed by atoms with van der Waals surface area (Å²) in [5.41, 5.74) is 0. The van der Waals surface area contributed by atoms with E-state index in [1.54, 1.807) is 7.11 Å². The predicted molar refractivity (Wildman–Crippen MR) is 46.9 cm³/mol. The summed E-state index contributed by atoms with van der Waals surface area (Å²) in [7, 11) is 1.74. The minimum atomic E-state index is 0.0874. The van der Waals surface area contributed by atoms with Gasteiger partial charge in [-0.1, -0.05) is 12.8 Å². The van der Waals surface area contributed by atoms with Crippen molar-refractivity contribution >= 4 is 0 Å². The molecule has 1 unspecified atom stereocenters. The lowest BCUT2D eigenvalue weighted by Gasteiger charge is -2.38. The fourth-order valence-electron chi connectivity index (χ4n) is 2.47. The molecule has 1 heterocycles. The molecule has 2 heteroatoms. The molecule has 2 rings (SSSR count). The van der Waals surface area contributed by atoms with Gasteiger partial charge in [-0.15, -0.1) is 0 Å². The van der Waals surface area contributed by atoms with Gasteiger partial charge in [0, 0.05) is 7.11 Å². The number of fused-ring (bicyclic) bond motifs is 1. The summed E-state index contributed by atoms with van der Waals surface area (Å²) in [5, 5.41) is 0. The van der Waals surface area contributed by atoms with Crippen LogP contribution in [0, 0.1) is 5.92 Å². The maximum atomic E-state index is 5.82. The van der Waals surface area contributed by atoms with Gasteiger partial charge in [-0.3, -0.25) is 0 Å². The van der Waals surface area contributed by atoms with Crippen molar-refractivity contribution in [2.45, 2.75) is 50.9 Å². The van der Waals surface area contributed by atoms with Gasteiger partial charge in [-0.25, -0.2) is 0 Å². The van der Waals surface area contributed by atoms with Crippen LogP contribution in [-0.2, 0) is 9.47 Å². The highest BCUT2D eigenvalue weighted by atomic mass is 16.7. The zero-order valence-corrected chi connectivity index (χ0v) is 7.79. The van der Waals surface area contributed by atoms with Crippen molar-refractivity contribution in [3.63, 3.8) is 0 Å². The summed E-state index contributed by atoms with van der Waals surface area (Å²) in [6.45, 7) is 0. The molecule has 2 nitrogen and oxygen atoms in total. The molecule has 2 aliphatic rings. The van der Waals surface area contributed by atoms with Gasteiger partial charge in [0.2, 0.25) is 0 Å². The third kappa shape index (κ3) is 1.64. The normalized spacial score (nSPS) is 42.2. The van der Waals surface area contributed by atoms with Gasteiger partial charge < -0.3 is 9.47 Å². The van der Waals surface area contributed by atoms with E-state index in [4.69, 9.17) is 9.47 Å². The first-order valence-electron chi connectivity index (χ1n) is 5.08. The van der Waals surface area contributed by atoms with Crippen LogP contribution in [0.25, 0.3) is 0 Å². The van der Waals surface area contributed by atoms with Crippen LogP contribution in [0.4, 0.5) is 0 Å². The van der Waals surface area contributed by atoms with Crippen molar-refractivity contribution in [1.82, 2.24) is 0 Å². The van der Waals surface area contributed by atoms with Gasteiger partial charge in [0.25, 0.3) is 0 Å². The lowest BCUT2D eigenvalue weighted by molar-refractivity contribution is -0.204. The summed E-state index contributed by atoms with van der Waals surface area (Å²) in [4.78, 5) is 0. The van der Waals surface area contributed by atoms with Crippen molar-refractivity contribution < 1.29 is 9.47 Å². The Morgan fingerprint density at radius 1 is 1.08 bits per heavy atom. The first kappa shape index (κ1) is 8.52. The third-order valence-electron chi connectivity index (χ3n) is 3.20. The van der Waals surface area contributed by atoms with Gasteiger partial charge in [0.15, 0.2) is 6.29 Å². The average molecular weight is 170 g/mol. The van der Waals surface area contributed by atoms with E-state index in [9.17, 15) is 0 Å². The molecule has 2 fully saturated rings. The Balaban J connectivity index is 1.90. The molecule has 0 bridgehead atoms. The maximum absolute atomic E-state index is 5.82. The van der Waals surface area contributed by atoms with Crippen LogP contribution >= 0.6 is 0 Å². The topological polar surface area (TPSA) is 18.5 Å². The van der Waals surface area contributed by atoms with E-state index in [1.807, 2.05) is 0 Å². The highest BCUT2D eigenvalue weighted by molar-refractivity contribution is 4.80. The molecule has 0 N–H and O–H groups in total. The maximum Gasteiger partial charge on any atom is 0.157 e. The van der Waals surface area contributed by atoms with Crippen molar-refractivity contribution in [2.75, 3.05) is 7.11 Å². The first-order valence-corrected chi connectivity index (χ1v) is 5.08. The van der Waals surface area contributed by atoms with Gasteiger partial charge in [-0.2, -0.15) is 0 Å². The van der Waals surface area contributed by atoms with Crippen molar-refractivity contribution in [3.05, 3.63) is 0 Å². The van der Waals surface area contributed by atoms with E-state index >= 15 is 0 Å². The van der Waals surface area contributed by atoms with Crippen LogP contribution in [0.2, 0.25) is 0 Å². The number of methoxy groups -OCH3 is 1. The van der Waals surface area contributed by atoms with Crippen LogP contribution in [0.1, 0.15) is 38.5 Å². The van der Waals surface area contributed by atoms with E-state index in [0.717, 1.165) is 12.3 Å². The summed E-state index contributed by atoms with van der Waals surface area (Å²) in [6, 6.07) is 0. The van der Waals surface area contributed by atoms with Crippen LogP contribution in [-0.4, -0.2) is 19.5 Å². The molecule has 0 aromatic carbocycles. The predicted octanol–water partition coefficient (Wildman–Crippen LogP) is 2.33. The molecule has 1 aliphatic heterocycles. The number of ether oxygens (including phenoxy) is 2. The van der Waals surface area contributed by atoms with Crippen LogP contribution in [0.3, 0.4) is 0 Å². The molecular formula is C10H18O2. The molecule has 3 atom stereocenters. The van der Waals surface area contributed by atoms with E-state index < -0.39 is 0 Å². The van der Waals surface area contributed by atoms with Gasteiger partial charge >= 0.3 is 0 Å². The van der Waals surface area contributed by atoms with Crippen molar-refractivity contribution in [3.8, 4) is 0 Å². The highest BCUT2D eigenvalue weighted by Gasteiger charge is 2.32. The van der Waals surface area contributed by atoms with Crippen LogP contribution in [0.15, 0.2) is 0 Å². The molecule has 0 aromatic heterocycles. The molecule has 0 radical (unpaired) electrons. The molecule has 1 saturated heterocycles. The van der Waals surface area contributed by atoms with Crippen LogP contribution in [0.5, 0.6) is 0 Å². The Morgan fingerprint density at radius 2 is 1.92 bits per heavy atom. The summed E-state index contributed by atoms with van der Waals surface area (Å²) < 4.78 is 11.0. The number of rotatable bonds is 1. The SMILES string of the molecule is COC1CC[C@@H]2CCCC[C@H]2O1. The van der Waals surface area contributed by atoms with Gasteiger partial charge in [0.1, 0.15) is 0 Å². The Kier molecular flexibility index (Phi) is 2.66. The monoisotopic (exact) mass is 170 g/mol. The fourth-order valence-corrected chi connectivity index (χ4v) is 2.47. The molecule has 12 heavy (non-hydrogen) atoms. The minimum Gasteiger partial charge on any atom is -0.356 e.